The number of anilines is 2. The number of nitrogens with zero attached hydrogens (tertiary/aromatic N) is 3. The van der Waals surface area contributed by atoms with E-state index in [1.54, 1.807) is 0 Å². The number of benzene rings is 2. The van der Waals surface area contributed by atoms with Gasteiger partial charge in [0.25, 0.3) is 0 Å². The molecule has 1 saturated heterocycles. The van der Waals surface area contributed by atoms with Gasteiger partial charge in [0.1, 0.15) is 0 Å². The molecular formula is C21H24N4O2. The fraction of sp³-hybridized carbons (Fsp3) is 0.333. The summed E-state index contributed by atoms with van der Waals surface area (Å²) in [6.07, 6.45) is 2.25. The molecule has 0 aliphatic carbocycles. The summed E-state index contributed by atoms with van der Waals surface area (Å²) in [5, 5.41) is 8.53. The summed E-state index contributed by atoms with van der Waals surface area (Å²) in [7, 11) is 0. The van der Waals surface area contributed by atoms with Crippen LogP contribution in [0.4, 0.5) is 11.4 Å². The van der Waals surface area contributed by atoms with Crippen LogP contribution in [0.25, 0.3) is 10.9 Å². The molecule has 0 bridgehead atoms. The van der Waals surface area contributed by atoms with Crippen LogP contribution >= 0.6 is 0 Å². The number of nitrogens with one attached hydrogen (secondary N) is 1. The highest BCUT2D eigenvalue weighted by Crippen LogP contribution is 2.20. The topological polar surface area (TPSA) is 59.4 Å². The van der Waals surface area contributed by atoms with Gasteiger partial charge < -0.3 is 15.0 Å². The smallest absolute Gasteiger partial charge is 0.226 e. The standard InChI is InChI=1S/C21H24N4O2/c1-16-3-2-4-20-19(16)15-22-25(20)10-9-21(26)23-17-5-7-18(8-6-17)24-11-13-27-14-12-24/h2-8,15H,9-14H2,1H3,(H,23,26). The van der Waals surface area contributed by atoms with Crippen molar-refractivity contribution < 1.29 is 9.53 Å². The van der Waals surface area contributed by atoms with E-state index >= 15 is 0 Å². The first kappa shape index (κ1) is 17.5. The number of rotatable bonds is 5. The summed E-state index contributed by atoms with van der Waals surface area (Å²) < 4.78 is 7.27. The van der Waals surface area contributed by atoms with Crippen LogP contribution in [0.3, 0.4) is 0 Å². The van der Waals surface area contributed by atoms with Crippen LogP contribution in [0.15, 0.2) is 48.7 Å². The third-order valence-corrected chi connectivity index (χ3v) is 4.98. The van der Waals surface area contributed by atoms with E-state index < -0.39 is 0 Å². The van der Waals surface area contributed by atoms with Crippen LogP contribution in [-0.4, -0.2) is 42.0 Å². The lowest BCUT2D eigenvalue weighted by atomic mass is 10.1. The monoisotopic (exact) mass is 364 g/mol. The largest absolute Gasteiger partial charge is 0.378 e. The van der Waals surface area contributed by atoms with E-state index in [0.29, 0.717) is 13.0 Å². The second-order valence-electron chi connectivity index (χ2n) is 6.82. The molecule has 0 atom stereocenters. The van der Waals surface area contributed by atoms with Gasteiger partial charge in [0.05, 0.1) is 31.5 Å². The molecule has 140 valence electrons. The van der Waals surface area contributed by atoms with Gasteiger partial charge in [0.2, 0.25) is 5.91 Å². The average Bonchev–Trinajstić information content (AvgIpc) is 3.12. The summed E-state index contributed by atoms with van der Waals surface area (Å²) in [6, 6.07) is 14.1. The summed E-state index contributed by atoms with van der Waals surface area (Å²) in [6.45, 7) is 5.97. The van der Waals surface area contributed by atoms with Gasteiger partial charge in [0, 0.05) is 36.3 Å². The Morgan fingerprint density at radius 3 is 2.70 bits per heavy atom. The minimum absolute atomic E-state index is 0.00887. The summed E-state index contributed by atoms with van der Waals surface area (Å²) in [4.78, 5) is 14.6. The maximum Gasteiger partial charge on any atom is 0.226 e. The molecule has 27 heavy (non-hydrogen) atoms. The number of aromatic nitrogens is 2. The summed E-state index contributed by atoms with van der Waals surface area (Å²) in [5.74, 6) is -0.00887. The quantitative estimate of drug-likeness (QED) is 0.755. The predicted molar refractivity (Wildman–Crippen MR) is 107 cm³/mol. The molecule has 6 heteroatoms. The van der Waals surface area contributed by atoms with Gasteiger partial charge in [-0.05, 0) is 42.8 Å². The molecule has 0 spiro atoms. The Kier molecular flexibility index (Phi) is 5.07. The Balaban J connectivity index is 1.34. The molecule has 1 aromatic heterocycles. The zero-order chi connectivity index (χ0) is 18.6. The zero-order valence-corrected chi connectivity index (χ0v) is 15.5. The van der Waals surface area contributed by atoms with Crippen LogP contribution in [-0.2, 0) is 16.1 Å². The van der Waals surface area contributed by atoms with Crippen LogP contribution in [0.1, 0.15) is 12.0 Å². The highest BCUT2D eigenvalue weighted by atomic mass is 16.5. The summed E-state index contributed by atoms with van der Waals surface area (Å²) >= 11 is 0. The number of ether oxygens (including phenoxy) is 1. The maximum absolute atomic E-state index is 12.3. The second-order valence-corrected chi connectivity index (χ2v) is 6.82. The van der Waals surface area contributed by atoms with E-state index in [-0.39, 0.29) is 5.91 Å². The van der Waals surface area contributed by atoms with E-state index in [2.05, 4.69) is 28.3 Å². The molecule has 0 unspecified atom stereocenters. The molecule has 4 rings (SSSR count). The van der Waals surface area contributed by atoms with Crippen molar-refractivity contribution in [3.63, 3.8) is 0 Å². The van der Waals surface area contributed by atoms with E-state index in [4.69, 9.17) is 4.74 Å². The minimum atomic E-state index is -0.00887. The van der Waals surface area contributed by atoms with E-state index in [1.807, 2.05) is 47.3 Å². The minimum Gasteiger partial charge on any atom is -0.378 e. The third-order valence-electron chi connectivity index (χ3n) is 4.98. The zero-order valence-electron chi connectivity index (χ0n) is 15.5. The maximum atomic E-state index is 12.3. The number of amides is 1. The molecule has 1 aliphatic heterocycles. The van der Waals surface area contributed by atoms with Crippen LogP contribution < -0.4 is 10.2 Å². The molecule has 0 saturated carbocycles. The Bertz CT molecular complexity index is 927. The molecule has 1 amide bonds. The van der Waals surface area contributed by atoms with Gasteiger partial charge in [-0.1, -0.05) is 12.1 Å². The van der Waals surface area contributed by atoms with E-state index in [0.717, 1.165) is 48.6 Å². The number of hydrogen-bond acceptors (Lipinski definition) is 4. The van der Waals surface area contributed by atoms with Gasteiger partial charge in [-0.3, -0.25) is 9.48 Å². The van der Waals surface area contributed by atoms with E-state index in [9.17, 15) is 4.79 Å². The van der Waals surface area contributed by atoms with Gasteiger partial charge in [-0.15, -0.1) is 0 Å². The van der Waals surface area contributed by atoms with Crippen molar-refractivity contribution >= 4 is 28.2 Å². The fourth-order valence-electron chi connectivity index (χ4n) is 3.43. The number of carbonyl (C=O) groups is 1. The lowest BCUT2D eigenvalue weighted by Crippen LogP contribution is -2.36. The van der Waals surface area contributed by atoms with Crippen molar-refractivity contribution in [3.8, 4) is 0 Å². The highest BCUT2D eigenvalue weighted by molar-refractivity contribution is 5.91. The molecule has 2 aromatic carbocycles. The molecule has 0 radical (unpaired) electrons. The molecule has 2 heterocycles. The average molecular weight is 364 g/mol. The van der Waals surface area contributed by atoms with Gasteiger partial charge in [-0.2, -0.15) is 5.10 Å². The summed E-state index contributed by atoms with van der Waals surface area (Å²) in [5.41, 5.74) is 4.24. The Hall–Kier alpha value is -2.86. The number of hydrogen-bond donors (Lipinski definition) is 1. The first-order chi connectivity index (χ1) is 13.2. The van der Waals surface area contributed by atoms with E-state index in [1.165, 1.54) is 5.56 Å². The van der Waals surface area contributed by atoms with Crippen molar-refractivity contribution in [3.05, 3.63) is 54.2 Å². The molecule has 1 N–H and O–H groups in total. The molecule has 1 fully saturated rings. The highest BCUT2D eigenvalue weighted by Gasteiger charge is 2.11. The van der Waals surface area contributed by atoms with Crippen molar-refractivity contribution in [2.75, 3.05) is 36.5 Å². The van der Waals surface area contributed by atoms with Gasteiger partial charge in [0.15, 0.2) is 0 Å². The Labute approximate surface area is 158 Å². The third kappa shape index (κ3) is 3.95. The van der Waals surface area contributed by atoms with Gasteiger partial charge in [-0.25, -0.2) is 0 Å². The Morgan fingerprint density at radius 2 is 1.93 bits per heavy atom. The second kappa shape index (κ2) is 7.80. The van der Waals surface area contributed by atoms with Crippen molar-refractivity contribution in [2.45, 2.75) is 19.9 Å². The lowest BCUT2D eigenvalue weighted by Gasteiger charge is -2.28. The number of fused-ring (bicyclic) bond motifs is 1. The fourth-order valence-corrected chi connectivity index (χ4v) is 3.43. The first-order valence-corrected chi connectivity index (χ1v) is 9.34. The number of morpholine rings is 1. The number of carbonyl (C=O) groups excluding carboxylic acids is 1. The van der Waals surface area contributed by atoms with Crippen LogP contribution in [0.2, 0.25) is 0 Å². The van der Waals surface area contributed by atoms with Crippen LogP contribution in [0, 0.1) is 6.92 Å². The number of aryl methyl sites for hydroxylation is 2. The normalized spacial score (nSPS) is 14.5. The molecule has 3 aromatic rings. The van der Waals surface area contributed by atoms with Crippen molar-refractivity contribution in [1.82, 2.24) is 9.78 Å². The van der Waals surface area contributed by atoms with Crippen molar-refractivity contribution in [2.24, 2.45) is 0 Å². The molecular weight excluding hydrogens is 340 g/mol. The first-order valence-electron chi connectivity index (χ1n) is 9.34. The lowest BCUT2D eigenvalue weighted by molar-refractivity contribution is -0.116. The Morgan fingerprint density at radius 1 is 1.15 bits per heavy atom. The molecule has 1 aliphatic rings. The van der Waals surface area contributed by atoms with Crippen LogP contribution in [0.5, 0.6) is 0 Å². The molecule has 6 nitrogen and oxygen atoms in total. The van der Waals surface area contributed by atoms with Crippen molar-refractivity contribution in [1.29, 1.82) is 0 Å². The van der Waals surface area contributed by atoms with Gasteiger partial charge >= 0.3 is 0 Å². The SMILES string of the molecule is Cc1cccc2c1cnn2CCC(=O)Nc1ccc(N2CCOCC2)cc1. The predicted octanol–water partition coefficient (Wildman–Crippen LogP) is 3.21.